The second-order valence-corrected chi connectivity index (χ2v) is 4.87. The SMILES string of the molecule is CCCNC(c1ccn(C)n1)C1CCOC1C. The smallest absolute Gasteiger partial charge is 0.0797 e. The van der Waals surface area contributed by atoms with Crippen LogP contribution in [0.25, 0.3) is 0 Å². The first kappa shape index (κ1) is 12.6. The Morgan fingerprint density at radius 3 is 3.00 bits per heavy atom. The van der Waals surface area contributed by atoms with E-state index >= 15 is 0 Å². The summed E-state index contributed by atoms with van der Waals surface area (Å²) in [5.74, 6) is 0.538. The number of ether oxygens (including phenoxy) is 1. The minimum atomic E-state index is 0.325. The highest BCUT2D eigenvalue weighted by Crippen LogP contribution is 2.32. The van der Waals surface area contributed by atoms with Gasteiger partial charge in [-0.3, -0.25) is 4.68 Å². The van der Waals surface area contributed by atoms with Crippen molar-refractivity contribution in [3.05, 3.63) is 18.0 Å². The highest BCUT2D eigenvalue weighted by atomic mass is 16.5. The third-order valence-electron chi connectivity index (χ3n) is 3.53. The van der Waals surface area contributed by atoms with Crippen LogP contribution in [0.4, 0.5) is 0 Å². The zero-order chi connectivity index (χ0) is 12.3. The van der Waals surface area contributed by atoms with E-state index in [1.807, 2.05) is 17.9 Å². The van der Waals surface area contributed by atoms with Gasteiger partial charge in [0, 0.05) is 25.8 Å². The predicted octanol–water partition coefficient (Wildman–Crippen LogP) is 1.89. The van der Waals surface area contributed by atoms with Crippen LogP contribution in [0.1, 0.15) is 38.4 Å². The molecule has 3 atom stereocenters. The Bertz CT molecular complexity index is 350. The average molecular weight is 237 g/mol. The molecule has 0 radical (unpaired) electrons. The highest BCUT2D eigenvalue weighted by Gasteiger charge is 2.33. The molecule has 0 aromatic carbocycles. The van der Waals surface area contributed by atoms with Gasteiger partial charge >= 0.3 is 0 Å². The van der Waals surface area contributed by atoms with Gasteiger partial charge in [-0.1, -0.05) is 6.92 Å². The van der Waals surface area contributed by atoms with Crippen LogP contribution in [0.5, 0.6) is 0 Å². The topological polar surface area (TPSA) is 39.1 Å². The molecule has 96 valence electrons. The van der Waals surface area contributed by atoms with Gasteiger partial charge in [0.05, 0.1) is 17.8 Å². The summed E-state index contributed by atoms with van der Waals surface area (Å²) in [7, 11) is 1.97. The predicted molar refractivity (Wildman–Crippen MR) is 67.8 cm³/mol. The Hall–Kier alpha value is -0.870. The van der Waals surface area contributed by atoms with Crippen molar-refractivity contribution in [3.8, 4) is 0 Å². The first-order valence-electron chi connectivity index (χ1n) is 6.57. The fourth-order valence-corrected chi connectivity index (χ4v) is 2.56. The molecule has 4 heteroatoms. The first-order chi connectivity index (χ1) is 8.22. The van der Waals surface area contributed by atoms with Crippen molar-refractivity contribution in [2.45, 2.75) is 38.8 Å². The molecule has 0 spiro atoms. The third kappa shape index (κ3) is 2.87. The number of hydrogen-bond donors (Lipinski definition) is 1. The molecule has 1 aromatic rings. The van der Waals surface area contributed by atoms with E-state index in [0.29, 0.717) is 18.1 Å². The Balaban J connectivity index is 2.12. The fraction of sp³-hybridized carbons (Fsp3) is 0.769. The summed E-state index contributed by atoms with van der Waals surface area (Å²) in [4.78, 5) is 0. The van der Waals surface area contributed by atoms with Gasteiger partial charge in [-0.25, -0.2) is 0 Å². The van der Waals surface area contributed by atoms with E-state index in [1.54, 1.807) is 0 Å². The Morgan fingerprint density at radius 2 is 2.47 bits per heavy atom. The summed E-state index contributed by atoms with van der Waals surface area (Å²) in [6, 6.07) is 2.44. The molecule has 17 heavy (non-hydrogen) atoms. The van der Waals surface area contributed by atoms with Crippen LogP contribution in [-0.2, 0) is 11.8 Å². The van der Waals surface area contributed by atoms with Gasteiger partial charge in [0.1, 0.15) is 0 Å². The molecule has 1 aliphatic rings. The van der Waals surface area contributed by atoms with Crippen molar-refractivity contribution in [2.75, 3.05) is 13.2 Å². The third-order valence-corrected chi connectivity index (χ3v) is 3.53. The van der Waals surface area contributed by atoms with Gasteiger partial charge in [-0.15, -0.1) is 0 Å². The molecular formula is C13H23N3O. The molecule has 1 aromatic heterocycles. The average Bonchev–Trinajstić information content (AvgIpc) is 2.90. The van der Waals surface area contributed by atoms with Crippen LogP contribution in [0.3, 0.4) is 0 Å². The lowest BCUT2D eigenvalue weighted by molar-refractivity contribution is 0.0948. The Kier molecular flexibility index (Phi) is 4.18. The van der Waals surface area contributed by atoms with Crippen LogP contribution in [-0.4, -0.2) is 29.0 Å². The van der Waals surface area contributed by atoms with E-state index < -0.39 is 0 Å². The van der Waals surface area contributed by atoms with E-state index in [1.165, 1.54) is 0 Å². The molecule has 1 N–H and O–H groups in total. The van der Waals surface area contributed by atoms with Crippen LogP contribution in [0.15, 0.2) is 12.3 Å². The van der Waals surface area contributed by atoms with Gasteiger partial charge in [0.2, 0.25) is 0 Å². The standard InChI is InChI=1S/C13H23N3O/c1-4-7-14-13(11-6-9-17-10(11)2)12-5-8-16(3)15-12/h5,8,10-11,13-14H,4,6-7,9H2,1-3H3. The zero-order valence-corrected chi connectivity index (χ0v) is 11.0. The lowest BCUT2D eigenvalue weighted by Gasteiger charge is -2.25. The van der Waals surface area contributed by atoms with Gasteiger partial charge in [0.15, 0.2) is 0 Å². The lowest BCUT2D eigenvalue weighted by Crippen LogP contribution is -2.32. The zero-order valence-electron chi connectivity index (χ0n) is 11.0. The molecule has 0 aliphatic carbocycles. The number of nitrogens with one attached hydrogen (secondary N) is 1. The largest absolute Gasteiger partial charge is 0.378 e. The maximum Gasteiger partial charge on any atom is 0.0797 e. The number of aromatic nitrogens is 2. The number of rotatable bonds is 5. The van der Waals surface area contributed by atoms with Crippen molar-refractivity contribution in [1.82, 2.24) is 15.1 Å². The lowest BCUT2D eigenvalue weighted by atomic mass is 9.91. The molecule has 0 saturated carbocycles. The molecule has 1 saturated heterocycles. The number of nitrogens with zero attached hydrogens (tertiary/aromatic N) is 2. The van der Waals surface area contributed by atoms with E-state index in [4.69, 9.17) is 4.74 Å². The molecule has 2 heterocycles. The second kappa shape index (κ2) is 5.65. The quantitative estimate of drug-likeness (QED) is 0.850. The summed E-state index contributed by atoms with van der Waals surface area (Å²) in [5.41, 5.74) is 1.14. The van der Waals surface area contributed by atoms with Crippen LogP contribution >= 0.6 is 0 Å². The molecule has 2 rings (SSSR count). The molecule has 0 amide bonds. The molecular weight excluding hydrogens is 214 g/mol. The van der Waals surface area contributed by atoms with Gasteiger partial charge < -0.3 is 10.1 Å². The first-order valence-corrected chi connectivity index (χ1v) is 6.57. The number of hydrogen-bond acceptors (Lipinski definition) is 3. The van der Waals surface area contributed by atoms with Crippen LogP contribution in [0, 0.1) is 5.92 Å². The van der Waals surface area contributed by atoms with Gasteiger partial charge in [-0.2, -0.15) is 5.10 Å². The van der Waals surface area contributed by atoms with E-state index in [-0.39, 0.29) is 0 Å². The number of aryl methyl sites for hydroxylation is 1. The maximum atomic E-state index is 5.68. The maximum absolute atomic E-state index is 5.68. The van der Waals surface area contributed by atoms with Crippen LogP contribution < -0.4 is 5.32 Å². The summed E-state index contributed by atoms with van der Waals surface area (Å²) >= 11 is 0. The molecule has 3 unspecified atom stereocenters. The summed E-state index contributed by atoms with van der Waals surface area (Å²) in [5, 5.41) is 8.16. The van der Waals surface area contributed by atoms with Crippen molar-refractivity contribution in [3.63, 3.8) is 0 Å². The van der Waals surface area contributed by atoms with Crippen molar-refractivity contribution in [2.24, 2.45) is 13.0 Å². The normalized spacial score (nSPS) is 26.3. The Morgan fingerprint density at radius 1 is 1.65 bits per heavy atom. The molecule has 0 bridgehead atoms. The minimum Gasteiger partial charge on any atom is -0.378 e. The second-order valence-electron chi connectivity index (χ2n) is 4.87. The van der Waals surface area contributed by atoms with E-state index in [0.717, 1.165) is 31.7 Å². The highest BCUT2D eigenvalue weighted by molar-refractivity contribution is 5.08. The Labute approximate surface area is 103 Å². The van der Waals surface area contributed by atoms with E-state index in [9.17, 15) is 0 Å². The minimum absolute atomic E-state index is 0.325. The van der Waals surface area contributed by atoms with Crippen molar-refractivity contribution in [1.29, 1.82) is 0 Å². The van der Waals surface area contributed by atoms with E-state index in [2.05, 4.69) is 30.3 Å². The fourth-order valence-electron chi connectivity index (χ4n) is 2.56. The van der Waals surface area contributed by atoms with Crippen molar-refractivity contribution >= 4 is 0 Å². The summed E-state index contributed by atoms with van der Waals surface area (Å²) < 4.78 is 7.55. The molecule has 1 aliphatic heterocycles. The van der Waals surface area contributed by atoms with Crippen molar-refractivity contribution < 1.29 is 4.74 Å². The molecule has 1 fully saturated rings. The summed E-state index contributed by atoms with van der Waals surface area (Å²) in [6.45, 7) is 6.27. The molecule has 4 nitrogen and oxygen atoms in total. The van der Waals surface area contributed by atoms with Gasteiger partial charge in [0.25, 0.3) is 0 Å². The van der Waals surface area contributed by atoms with Gasteiger partial charge in [-0.05, 0) is 32.4 Å². The van der Waals surface area contributed by atoms with Crippen LogP contribution in [0.2, 0.25) is 0 Å². The summed E-state index contributed by atoms with van der Waals surface area (Å²) in [6.07, 6.45) is 4.60. The monoisotopic (exact) mass is 237 g/mol.